The zero-order valence-corrected chi connectivity index (χ0v) is 19.2. The smallest absolute Gasteiger partial charge is 0.251 e. The van der Waals surface area contributed by atoms with Crippen molar-refractivity contribution in [2.24, 2.45) is 11.7 Å². The highest BCUT2D eigenvalue weighted by Gasteiger charge is 2.27. The standard InChI is InChI=1S/C21H25BrN2O4S/c1-11-4-6-13-17(8-11)29-21(19(13)20(23)26)24-18(25)7-5-12-9-15(27-2)16(28-3)10-14(12)22/h9-11H,4-8H2,1-3H3,(H2,23,26)(H,24,25). The summed E-state index contributed by atoms with van der Waals surface area (Å²) in [6, 6.07) is 3.68. The topological polar surface area (TPSA) is 90.6 Å². The first-order valence-corrected chi connectivity index (χ1v) is 11.1. The molecule has 0 spiro atoms. The number of rotatable bonds is 7. The van der Waals surface area contributed by atoms with Gasteiger partial charge in [-0.2, -0.15) is 0 Å². The summed E-state index contributed by atoms with van der Waals surface area (Å²) in [6.45, 7) is 2.20. The summed E-state index contributed by atoms with van der Waals surface area (Å²) in [6.07, 6.45) is 3.57. The van der Waals surface area contributed by atoms with Gasteiger partial charge < -0.3 is 20.5 Å². The maximum Gasteiger partial charge on any atom is 0.251 e. The first kappa shape index (κ1) is 21.6. The Kier molecular flexibility index (Phi) is 6.85. The highest BCUT2D eigenvalue weighted by molar-refractivity contribution is 9.10. The second-order valence-electron chi connectivity index (χ2n) is 7.27. The van der Waals surface area contributed by atoms with Gasteiger partial charge in [-0.1, -0.05) is 22.9 Å². The van der Waals surface area contributed by atoms with Crippen molar-refractivity contribution >= 4 is 44.1 Å². The zero-order chi connectivity index (χ0) is 21.1. The van der Waals surface area contributed by atoms with Crippen molar-refractivity contribution in [2.45, 2.75) is 39.0 Å². The summed E-state index contributed by atoms with van der Waals surface area (Å²) in [5, 5.41) is 3.49. The third-order valence-corrected chi connectivity index (χ3v) is 7.09. The fourth-order valence-corrected chi connectivity index (χ4v) is 5.58. The molecule has 3 rings (SSSR count). The minimum absolute atomic E-state index is 0.152. The number of hydrogen-bond acceptors (Lipinski definition) is 5. The van der Waals surface area contributed by atoms with Crippen LogP contribution in [0.15, 0.2) is 16.6 Å². The van der Waals surface area contributed by atoms with E-state index in [4.69, 9.17) is 15.2 Å². The zero-order valence-electron chi connectivity index (χ0n) is 16.8. The number of carbonyl (C=O) groups excluding carboxylic acids is 2. The lowest BCUT2D eigenvalue weighted by Crippen LogP contribution is -2.19. The van der Waals surface area contributed by atoms with E-state index in [1.165, 1.54) is 11.3 Å². The molecule has 0 radical (unpaired) electrons. The van der Waals surface area contributed by atoms with E-state index in [0.29, 0.717) is 34.4 Å². The molecule has 1 heterocycles. The Balaban J connectivity index is 1.73. The van der Waals surface area contributed by atoms with Crippen molar-refractivity contribution in [1.82, 2.24) is 0 Å². The SMILES string of the molecule is COc1cc(Br)c(CCC(=O)Nc2sc3c(c2C(N)=O)CCC(C)C3)cc1OC. The van der Waals surface area contributed by atoms with E-state index in [9.17, 15) is 9.59 Å². The molecule has 3 N–H and O–H groups in total. The lowest BCUT2D eigenvalue weighted by Gasteiger charge is -2.18. The molecule has 1 aromatic heterocycles. The van der Waals surface area contributed by atoms with Crippen LogP contribution in [0.2, 0.25) is 0 Å². The van der Waals surface area contributed by atoms with Gasteiger partial charge in [0.15, 0.2) is 11.5 Å². The van der Waals surface area contributed by atoms with E-state index in [-0.39, 0.29) is 12.3 Å². The third-order valence-electron chi connectivity index (χ3n) is 5.19. The second kappa shape index (κ2) is 9.17. The average molecular weight is 481 g/mol. The molecule has 1 unspecified atom stereocenters. The molecular formula is C21H25BrN2O4S. The predicted molar refractivity (Wildman–Crippen MR) is 118 cm³/mol. The molecule has 0 saturated carbocycles. The van der Waals surface area contributed by atoms with Crippen molar-refractivity contribution in [1.29, 1.82) is 0 Å². The molecule has 2 amide bonds. The minimum Gasteiger partial charge on any atom is -0.493 e. The number of fused-ring (bicyclic) bond motifs is 1. The number of nitrogens with two attached hydrogens (primary N) is 1. The molecule has 1 aliphatic rings. The highest BCUT2D eigenvalue weighted by atomic mass is 79.9. The number of thiophene rings is 1. The Morgan fingerprint density at radius 2 is 1.97 bits per heavy atom. The van der Waals surface area contributed by atoms with Gasteiger partial charge in [0.1, 0.15) is 5.00 Å². The molecule has 2 aromatic rings. The first-order valence-electron chi connectivity index (χ1n) is 9.48. The molecule has 0 fully saturated rings. The minimum atomic E-state index is -0.477. The van der Waals surface area contributed by atoms with E-state index in [0.717, 1.165) is 39.7 Å². The van der Waals surface area contributed by atoms with Crippen LogP contribution >= 0.6 is 27.3 Å². The number of ether oxygens (including phenoxy) is 2. The van der Waals surface area contributed by atoms with Gasteiger partial charge in [0.2, 0.25) is 5.91 Å². The van der Waals surface area contributed by atoms with Crippen molar-refractivity contribution in [3.63, 3.8) is 0 Å². The van der Waals surface area contributed by atoms with Gasteiger partial charge in [-0.05, 0) is 54.9 Å². The van der Waals surface area contributed by atoms with E-state index in [2.05, 4.69) is 28.2 Å². The molecule has 8 heteroatoms. The number of methoxy groups -OCH3 is 2. The summed E-state index contributed by atoms with van der Waals surface area (Å²) in [5.41, 5.74) is 8.06. The Hall–Kier alpha value is -2.06. The molecule has 1 atom stereocenters. The number of hydrogen-bond donors (Lipinski definition) is 2. The van der Waals surface area contributed by atoms with E-state index in [1.54, 1.807) is 14.2 Å². The molecule has 6 nitrogen and oxygen atoms in total. The maximum absolute atomic E-state index is 12.6. The predicted octanol–water partition coefficient (Wildman–Crippen LogP) is 4.32. The first-order chi connectivity index (χ1) is 13.8. The van der Waals surface area contributed by atoms with E-state index in [1.807, 2.05) is 12.1 Å². The van der Waals surface area contributed by atoms with Gasteiger partial charge in [-0.15, -0.1) is 11.3 Å². The molecule has 1 aromatic carbocycles. The Morgan fingerprint density at radius 1 is 1.28 bits per heavy atom. The molecule has 29 heavy (non-hydrogen) atoms. The number of amides is 2. The molecule has 0 aliphatic heterocycles. The van der Waals surface area contributed by atoms with Crippen LogP contribution in [0.25, 0.3) is 0 Å². The van der Waals surface area contributed by atoms with Gasteiger partial charge >= 0.3 is 0 Å². The molecular weight excluding hydrogens is 456 g/mol. The Morgan fingerprint density at radius 3 is 2.62 bits per heavy atom. The molecule has 0 bridgehead atoms. The number of nitrogens with one attached hydrogen (secondary N) is 1. The summed E-state index contributed by atoms with van der Waals surface area (Å²) >= 11 is 5.00. The van der Waals surface area contributed by atoms with Crippen molar-refractivity contribution in [3.05, 3.63) is 38.2 Å². The van der Waals surface area contributed by atoms with Gasteiger partial charge in [0, 0.05) is 15.8 Å². The Bertz CT molecular complexity index is 941. The maximum atomic E-state index is 12.6. The number of primary amides is 1. The van der Waals surface area contributed by atoms with Crippen LogP contribution in [-0.4, -0.2) is 26.0 Å². The number of anilines is 1. The number of carbonyl (C=O) groups is 2. The third kappa shape index (κ3) is 4.75. The van der Waals surface area contributed by atoms with Crippen LogP contribution in [0.5, 0.6) is 11.5 Å². The average Bonchev–Trinajstić information content (AvgIpc) is 3.03. The van der Waals surface area contributed by atoms with E-state index >= 15 is 0 Å². The van der Waals surface area contributed by atoms with Crippen LogP contribution in [0.4, 0.5) is 5.00 Å². The normalized spacial score (nSPS) is 15.5. The number of aryl methyl sites for hydroxylation is 1. The lowest BCUT2D eigenvalue weighted by atomic mass is 9.88. The second-order valence-corrected chi connectivity index (χ2v) is 9.23. The Labute approximate surface area is 182 Å². The quantitative estimate of drug-likeness (QED) is 0.616. The van der Waals surface area contributed by atoms with Crippen LogP contribution in [0.1, 0.15) is 46.1 Å². The van der Waals surface area contributed by atoms with Gasteiger partial charge in [0.25, 0.3) is 5.91 Å². The van der Waals surface area contributed by atoms with Crippen molar-refractivity contribution < 1.29 is 19.1 Å². The fourth-order valence-electron chi connectivity index (χ4n) is 3.62. The van der Waals surface area contributed by atoms with Crippen molar-refractivity contribution in [2.75, 3.05) is 19.5 Å². The summed E-state index contributed by atoms with van der Waals surface area (Å²) < 4.78 is 11.5. The largest absolute Gasteiger partial charge is 0.493 e. The molecule has 156 valence electrons. The van der Waals surface area contributed by atoms with E-state index < -0.39 is 5.91 Å². The van der Waals surface area contributed by atoms with Crippen molar-refractivity contribution in [3.8, 4) is 11.5 Å². The summed E-state index contributed by atoms with van der Waals surface area (Å²) in [5.74, 6) is 1.18. The molecule has 1 aliphatic carbocycles. The molecule has 0 saturated heterocycles. The van der Waals surface area contributed by atoms with Crippen LogP contribution in [-0.2, 0) is 24.1 Å². The highest BCUT2D eigenvalue weighted by Crippen LogP contribution is 2.39. The number of benzene rings is 1. The fraction of sp³-hybridized carbons (Fsp3) is 0.429. The van der Waals surface area contributed by atoms with Gasteiger partial charge in [0.05, 0.1) is 19.8 Å². The van der Waals surface area contributed by atoms with Gasteiger partial charge in [-0.25, -0.2) is 0 Å². The number of halogens is 1. The van der Waals surface area contributed by atoms with Crippen LogP contribution < -0.4 is 20.5 Å². The summed E-state index contributed by atoms with van der Waals surface area (Å²) in [4.78, 5) is 25.8. The monoisotopic (exact) mass is 480 g/mol. The van der Waals surface area contributed by atoms with Crippen LogP contribution in [0.3, 0.4) is 0 Å². The summed E-state index contributed by atoms with van der Waals surface area (Å²) in [7, 11) is 3.15. The van der Waals surface area contributed by atoms with Crippen LogP contribution in [0, 0.1) is 5.92 Å². The lowest BCUT2D eigenvalue weighted by molar-refractivity contribution is -0.116. The van der Waals surface area contributed by atoms with Gasteiger partial charge in [-0.3, -0.25) is 9.59 Å².